The fraction of sp³-hybridized carbons (Fsp3) is 0.615. The Bertz CT molecular complexity index is 379. The van der Waals surface area contributed by atoms with Crippen molar-refractivity contribution >= 4 is 17.2 Å². The molecule has 2 nitrogen and oxygen atoms in total. The Balaban J connectivity index is 2.26. The van der Waals surface area contributed by atoms with Gasteiger partial charge in [-0.25, -0.2) is 0 Å². The quantitative estimate of drug-likeness (QED) is 0.791. The van der Waals surface area contributed by atoms with Gasteiger partial charge in [0.25, 0.3) is 5.91 Å². The smallest absolute Gasteiger partial charge is 0.254 e. The van der Waals surface area contributed by atoms with E-state index in [4.69, 9.17) is 0 Å². The molecular formula is C13H19NOS. The molecule has 1 amide bonds. The van der Waals surface area contributed by atoms with E-state index in [2.05, 4.69) is 5.38 Å². The monoisotopic (exact) mass is 237 g/mol. The lowest BCUT2D eigenvalue weighted by atomic mass is 9.95. The Morgan fingerprint density at radius 3 is 2.69 bits per heavy atom. The van der Waals surface area contributed by atoms with Crippen LogP contribution in [0.4, 0.5) is 0 Å². The van der Waals surface area contributed by atoms with Gasteiger partial charge in [-0.1, -0.05) is 0 Å². The number of nitrogens with zero attached hydrogens (tertiary/aromatic N) is 1. The van der Waals surface area contributed by atoms with Crippen molar-refractivity contribution in [3.63, 3.8) is 0 Å². The summed E-state index contributed by atoms with van der Waals surface area (Å²) in [5.74, 6) is 0.226. The minimum Gasteiger partial charge on any atom is -0.339 e. The van der Waals surface area contributed by atoms with Crippen molar-refractivity contribution in [3.8, 4) is 0 Å². The SMILES string of the molecule is CCN(CC)C(=O)c1csc2c1CCCC2. The molecule has 0 unspecified atom stereocenters. The van der Waals surface area contributed by atoms with Crippen molar-refractivity contribution in [3.05, 3.63) is 21.4 Å². The van der Waals surface area contributed by atoms with Crippen molar-refractivity contribution in [2.24, 2.45) is 0 Å². The Kier molecular flexibility index (Phi) is 3.64. The van der Waals surface area contributed by atoms with Gasteiger partial charge in [-0.05, 0) is 45.1 Å². The number of carbonyl (C=O) groups is 1. The van der Waals surface area contributed by atoms with Gasteiger partial charge >= 0.3 is 0 Å². The summed E-state index contributed by atoms with van der Waals surface area (Å²) in [7, 11) is 0. The van der Waals surface area contributed by atoms with Crippen LogP contribution in [-0.2, 0) is 12.8 Å². The highest BCUT2D eigenvalue weighted by Gasteiger charge is 2.22. The Morgan fingerprint density at radius 1 is 1.31 bits per heavy atom. The number of aryl methyl sites for hydroxylation is 1. The first-order valence-electron chi connectivity index (χ1n) is 6.16. The lowest BCUT2D eigenvalue weighted by Gasteiger charge is -2.20. The summed E-state index contributed by atoms with van der Waals surface area (Å²) in [4.78, 5) is 15.6. The molecule has 16 heavy (non-hydrogen) atoms. The summed E-state index contributed by atoms with van der Waals surface area (Å²) in [5, 5.41) is 2.07. The van der Waals surface area contributed by atoms with E-state index in [9.17, 15) is 4.79 Å². The zero-order valence-electron chi connectivity index (χ0n) is 10.1. The summed E-state index contributed by atoms with van der Waals surface area (Å²) >= 11 is 1.77. The van der Waals surface area contributed by atoms with Crippen LogP contribution >= 0.6 is 11.3 Å². The van der Waals surface area contributed by atoms with Gasteiger partial charge in [-0.15, -0.1) is 11.3 Å². The van der Waals surface area contributed by atoms with E-state index in [1.807, 2.05) is 18.7 Å². The molecule has 1 aliphatic rings. The zero-order valence-corrected chi connectivity index (χ0v) is 10.9. The lowest BCUT2D eigenvalue weighted by molar-refractivity contribution is 0.0772. The highest BCUT2D eigenvalue weighted by atomic mass is 32.1. The van der Waals surface area contributed by atoms with Crippen LogP contribution in [0.2, 0.25) is 0 Å². The molecule has 2 rings (SSSR count). The van der Waals surface area contributed by atoms with Crippen molar-refractivity contribution < 1.29 is 4.79 Å². The second-order valence-corrected chi connectivity index (χ2v) is 5.20. The number of fused-ring (bicyclic) bond motifs is 1. The fourth-order valence-electron chi connectivity index (χ4n) is 2.35. The Labute approximate surface area is 101 Å². The minimum absolute atomic E-state index is 0.226. The molecule has 0 fully saturated rings. The molecule has 3 heteroatoms. The van der Waals surface area contributed by atoms with Crippen molar-refractivity contribution in [1.29, 1.82) is 0 Å². The molecule has 0 saturated heterocycles. The molecular weight excluding hydrogens is 218 g/mol. The molecule has 0 aromatic carbocycles. The van der Waals surface area contributed by atoms with Gasteiger partial charge in [-0.2, -0.15) is 0 Å². The molecule has 88 valence electrons. The maximum atomic E-state index is 12.3. The maximum Gasteiger partial charge on any atom is 0.254 e. The van der Waals surface area contributed by atoms with Gasteiger partial charge in [0.15, 0.2) is 0 Å². The lowest BCUT2D eigenvalue weighted by Crippen LogP contribution is -2.31. The van der Waals surface area contributed by atoms with Crippen LogP contribution in [0.15, 0.2) is 5.38 Å². The minimum atomic E-state index is 0.226. The van der Waals surface area contributed by atoms with Crippen LogP contribution < -0.4 is 0 Å². The fourth-order valence-corrected chi connectivity index (χ4v) is 3.47. The van der Waals surface area contributed by atoms with Gasteiger partial charge in [-0.3, -0.25) is 4.79 Å². The number of thiophene rings is 1. The number of hydrogen-bond donors (Lipinski definition) is 0. The summed E-state index contributed by atoms with van der Waals surface area (Å²) in [6, 6.07) is 0. The maximum absolute atomic E-state index is 12.3. The van der Waals surface area contributed by atoms with Crippen molar-refractivity contribution in [2.75, 3.05) is 13.1 Å². The van der Waals surface area contributed by atoms with Gasteiger partial charge in [0.05, 0.1) is 5.56 Å². The number of hydrogen-bond acceptors (Lipinski definition) is 2. The predicted octanol–water partition coefficient (Wildman–Crippen LogP) is 3.11. The third kappa shape index (κ3) is 2.01. The first kappa shape index (κ1) is 11.6. The first-order chi connectivity index (χ1) is 7.77. The van der Waals surface area contributed by atoms with Crippen molar-refractivity contribution in [1.82, 2.24) is 4.90 Å². The molecule has 1 aliphatic carbocycles. The van der Waals surface area contributed by atoms with Gasteiger partial charge in [0, 0.05) is 23.3 Å². The highest BCUT2D eigenvalue weighted by molar-refractivity contribution is 7.10. The second-order valence-electron chi connectivity index (χ2n) is 4.24. The van der Waals surface area contributed by atoms with E-state index in [1.165, 1.54) is 29.7 Å². The van der Waals surface area contributed by atoms with Gasteiger partial charge in [0.2, 0.25) is 0 Å². The average molecular weight is 237 g/mol. The molecule has 0 saturated carbocycles. The standard InChI is InChI=1S/C13H19NOS/c1-3-14(4-2)13(15)11-9-16-12-8-6-5-7-10(11)12/h9H,3-8H2,1-2H3. The van der Waals surface area contributed by atoms with Gasteiger partial charge in [0.1, 0.15) is 0 Å². The molecule has 0 N–H and O–H groups in total. The Hall–Kier alpha value is -0.830. The molecule has 0 aliphatic heterocycles. The van der Waals surface area contributed by atoms with Crippen LogP contribution in [0.1, 0.15) is 47.5 Å². The van der Waals surface area contributed by atoms with E-state index in [1.54, 1.807) is 11.3 Å². The average Bonchev–Trinajstić information content (AvgIpc) is 2.74. The number of rotatable bonds is 3. The van der Waals surface area contributed by atoms with Gasteiger partial charge < -0.3 is 4.90 Å². The van der Waals surface area contributed by atoms with E-state index in [-0.39, 0.29) is 5.91 Å². The largest absolute Gasteiger partial charge is 0.339 e. The summed E-state index contributed by atoms with van der Waals surface area (Å²) in [5.41, 5.74) is 2.32. The molecule has 0 radical (unpaired) electrons. The van der Waals surface area contributed by atoms with E-state index in [0.717, 1.165) is 25.1 Å². The summed E-state index contributed by atoms with van der Waals surface area (Å²) in [6.45, 7) is 5.69. The van der Waals surface area contributed by atoms with Crippen LogP contribution in [0.5, 0.6) is 0 Å². The highest BCUT2D eigenvalue weighted by Crippen LogP contribution is 2.30. The van der Waals surface area contributed by atoms with Crippen LogP contribution in [0.25, 0.3) is 0 Å². The topological polar surface area (TPSA) is 20.3 Å². The molecule has 1 heterocycles. The molecule has 1 aromatic heterocycles. The predicted molar refractivity (Wildman–Crippen MR) is 68.2 cm³/mol. The van der Waals surface area contributed by atoms with Crippen molar-refractivity contribution in [2.45, 2.75) is 39.5 Å². The van der Waals surface area contributed by atoms with Crippen LogP contribution in [0, 0.1) is 0 Å². The molecule has 0 bridgehead atoms. The van der Waals surface area contributed by atoms with E-state index < -0.39 is 0 Å². The van der Waals surface area contributed by atoms with E-state index >= 15 is 0 Å². The van der Waals surface area contributed by atoms with Crippen LogP contribution in [0.3, 0.4) is 0 Å². The first-order valence-corrected chi connectivity index (χ1v) is 7.04. The van der Waals surface area contributed by atoms with Crippen LogP contribution in [-0.4, -0.2) is 23.9 Å². The normalized spacial score (nSPS) is 14.6. The second kappa shape index (κ2) is 5.00. The number of carbonyl (C=O) groups excluding carboxylic acids is 1. The molecule has 1 aromatic rings. The Morgan fingerprint density at radius 2 is 2.00 bits per heavy atom. The number of amides is 1. The zero-order chi connectivity index (χ0) is 11.5. The third-order valence-corrected chi connectivity index (χ3v) is 4.43. The van der Waals surface area contributed by atoms with E-state index in [0.29, 0.717) is 0 Å². The summed E-state index contributed by atoms with van der Waals surface area (Å²) < 4.78 is 0. The molecule has 0 atom stereocenters. The third-order valence-electron chi connectivity index (χ3n) is 3.34. The summed E-state index contributed by atoms with van der Waals surface area (Å²) in [6.07, 6.45) is 4.79. The molecule has 0 spiro atoms.